The predicted molar refractivity (Wildman–Crippen MR) is 101 cm³/mol. The molecule has 0 radical (unpaired) electrons. The van der Waals surface area contributed by atoms with Crippen molar-refractivity contribution in [2.75, 3.05) is 12.3 Å². The van der Waals surface area contributed by atoms with Gasteiger partial charge < -0.3 is 14.8 Å². The van der Waals surface area contributed by atoms with Crippen LogP contribution in [0.25, 0.3) is 0 Å². The Morgan fingerprint density at radius 2 is 2.00 bits per heavy atom. The lowest BCUT2D eigenvalue weighted by atomic mass is 9.98. The Hall–Kier alpha value is -2.02. The summed E-state index contributed by atoms with van der Waals surface area (Å²) in [7, 11) is 0. The van der Waals surface area contributed by atoms with E-state index in [4.69, 9.17) is 4.42 Å². The summed E-state index contributed by atoms with van der Waals surface area (Å²) < 4.78 is 5.39. The van der Waals surface area contributed by atoms with Crippen LogP contribution in [0.1, 0.15) is 17.1 Å². The van der Waals surface area contributed by atoms with E-state index in [2.05, 4.69) is 5.32 Å². The number of furan rings is 1. The molecule has 0 saturated carbocycles. The average molecular weight is 373 g/mol. The Bertz CT molecular complexity index is 736. The van der Waals surface area contributed by atoms with E-state index in [1.54, 1.807) is 23.9 Å². The van der Waals surface area contributed by atoms with Crippen LogP contribution in [0, 0.1) is 0 Å². The number of nitrogens with one attached hydrogen (secondary N) is 1. The maximum absolute atomic E-state index is 12.2. The Morgan fingerprint density at radius 1 is 1.16 bits per heavy atom. The van der Waals surface area contributed by atoms with Gasteiger partial charge in [-0.1, -0.05) is 24.3 Å². The maximum atomic E-state index is 12.2. The second kappa shape index (κ2) is 8.38. The number of thioether (sulfide) groups is 1. The summed E-state index contributed by atoms with van der Waals surface area (Å²) in [5.74, 6) is 1.02. The van der Waals surface area contributed by atoms with Crippen molar-refractivity contribution in [1.82, 2.24) is 5.32 Å². The van der Waals surface area contributed by atoms with E-state index in [0.29, 0.717) is 17.9 Å². The molecule has 3 rings (SSSR count). The van der Waals surface area contributed by atoms with Crippen LogP contribution >= 0.6 is 23.1 Å². The highest BCUT2D eigenvalue weighted by molar-refractivity contribution is 7.99. The van der Waals surface area contributed by atoms with Gasteiger partial charge in [-0.2, -0.15) is 0 Å². The van der Waals surface area contributed by atoms with Crippen LogP contribution in [0.4, 0.5) is 0 Å². The lowest BCUT2D eigenvalue weighted by molar-refractivity contribution is -0.121. The van der Waals surface area contributed by atoms with E-state index in [1.807, 2.05) is 47.8 Å². The highest BCUT2D eigenvalue weighted by atomic mass is 32.2. The molecule has 1 atom stereocenters. The van der Waals surface area contributed by atoms with Crippen molar-refractivity contribution in [3.8, 4) is 0 Å². The molecule has 1 aromatic carbocycles. The molecule has 2 aromatic heterocycles. The first kappa shape index (κ1) is 17.8. The molecule has 3 aromatic rings. The SMILES string of the molecule is O=C(CCSc1ccccc1)NCC(O)(c1ccco1)c1cccs1. The molecule has 25 heavy (non-hydrogen) atoms. The third kappa shape index (κ3) is 4.54. The van der Waals surface area contributed by atoms with Gasteiger partial charge in [0, 0.05) is 21.9 Å². The molecule has 0 aliphatic rings. The monoisotopic (exact) mass is 373 g/mol. The van der Waals surface area contributed by atoms with Crippen molar-refractivity contribution in [3.05, 3.63) is 76.9 Å². The third-order valence-electron chi connectivity index (χ3n) is 3.74. The number of amides is 1. The van der Waals surface area contributed by atoms with Crippen molar-refractivity contribution >= 4 is 29.0 Å². The van der Waals surface area contributed by atoms with E-state index >= 15 is 0 Å². The van der Waals surface area contributed by atoms with E-state index < -0.39 is 5.60 Å². The summed E-state index contributed by atoms with van der Waals surface area (Å²) in [5, 5.41) is 15.8. The lowest BCUT2D eigenvalue weighted by Gasteiger charge is -2.25. The standard InChI is InChI=1S/C19H19NO3S2/c21-18(10-13-24-15-6-2-1-3-7-15)20-14-19(22,16-8-4-11-23-16)17-9-5-12-25-17/h1-9,11-12,22H,10,13-14H2,(H,20,21). The second-order valence-corrected chi connectivity index (χ2v) is 7.62. The van der Waals surface area contributed by atoms with Crippen LogP contribution in [0.3, 0.4) is 0 Å². The summed E-state index contributed by atoms with van der Waals surface area (Å²) in [6, 6.07) is 17.1. The van der Waals surface area contributed by atoms with Crippen molar-refractivity contribution < 1.29 is 14.3 Å². The van der Waals surface area contributed by atoms with Gasteiger partial charge in [0.25, 0.3) is 0 Å². The molecule has 0 fully saturated rings. The van der Waals surface area contributed by atoms with Gasteiger partial charge >= 0.3 is 0 Å². The average Bonchev–Trinajstić information content (AvgIpc) is 3.34. The first-order valence-electron chi connectivity index (χ1n) is 7.93. The van der Waals surface area contributed by atoms with Gasteiger partial charge in [-0.05, 0) is 35.7 Å². The molecule has 130 valence electrons. The summed E-state index contributed by atoms with van der Waals surface area (Å²) in [5.41, 5.74) is -1.35. The number of aliphatic hydroxyl groups is 1. The Kier molecular flexibility index (Phi) is 5.96. The minimum absolute atomic E-state index is 0.0792. The summed E-state index contributed by atoms with van der Waals surface area (Å²) >= 11 is 3.07. The van der Waals surface area contributed by atoms with Crippen LogP contribution in [0.5, 0.6) is 0 Å². The first-order chi connectivity index (χ1) is 12.2. The fraction of sp³-hybridized carbons (Fsp3) is 0.211. The molecule has 0 bridgehead atoms. The number of hydrogen-bond donors (Lipinski definition) is 2. The van der Waals surface area contributed by atoms with Gasteiger partial charge in [-0.25, -0.2) is 0 Å². The third-order valence-corrected chi connectivity index (χ3v) is 5.77. The first-order valence-corrected chi connectivity index (χ1v) is 9.80. The maximum Gasteiger partial charge on any atom is 0.220 e. The molecule has 0 spiro atoms. The van der Waals surface area contributed by atoms with Crippen LogP contribution in [0.2, 0.25) is 0 Å². The van der Waals surface area contributed by atoms with Gasteiger partial charge in [0.2, 0.25) is 5.91 Å². The minimum atomic E-state index is -1.35. The molecule has 4 nitrogen and oxygen atoms in total. The summed E-state index contributed by atoms with van der Waals surface area (Å²) in [6.45, 7) is 0.0792. The van der Waals surface area contributed by atoms with E-state index in [-0.39, 0.29) is 12.5 Å². The largest absolute Gasteiger partial charge is 0.466 e. The van der Waals surface area contributed by atoms with Crippen molar-refractivity contribution in [2.24, 2.45) is 0 Å². The zero-order valence-electron chi connectivity index (χ0n) is 13.6. The van der Waals surface area contributed by atoms with E-state index in [1.165, 1.54) is 17.6 Å². The number of carbonyl (C=O) groups is 1. The molecule has 0 saturated heterocycles. The fourth-order valence-corrected chi connectivity index (χ4v) is 4.12. The van der Waals surface area contributed by atoms with Gasteiger partial charge in [0.1, 0.15) is 5.76 Å². The number of thiophene rings is 1. The molecule has 1 unspecified atom stereocenters. The van der Waals surface area contributed by atoms with Crippen molar-refractivity contribution in [2.45, 2.75) is 16.9 Å². The van der Waals surface area contributed by atoms with Crippen molar-refractivity contribution in [3.63, 3.8) is 0 Å². The van der Waals surface area contributed by atoms with Crippen LogP contribution in [-0.2, 0) is 10.4 Å². The van der Waals surface area contributed by atoms with Crippen LogP contribution in [0.15, 0.2) is 75.6 Å². The lowest BCUT2D eigenvalue weighted by Crippen LogP contribution is -2.41. The van der Waals surface area contributed by atoms with Crippen LogP contribution in [-0.4, -0.2) is 23.3 Å². The van der Waals surface area contributed by atoms with Crippen molar-refractivity contribution in [1.29, 1.82) is 0 Å². The summed E-state index contributed by atoms with van der Waals surface area (Å²) in [6.07, 6.45) is 1.91. The number of rotatable bonds is 8. The van der Waals surface area contributed by atoms with E-state index in [9.17, 15) is 9.90 Å². The molecule has 0 aliphatic heterocycles. The van der Waals surface area contributed by atoms with Gasteiger partial charge in [0.15, 0.2) is 5.60 Å². The summed E-state index contributed by atoms with van der Waals surface area (Å²) in [4.78, 5) is 14.0. The van der Waals surface area contributed by atoms with E-state index in [0.717, 1.165) is 9.77 Å². The number of carbonyl (C=O) groups excluding carboxylic acids is 1. The Labute approximate surface area is 154 Å². The minimum Gasteiger partial charge on any atom is -0.466 e. The second-order valence-electron chi connectivity index (χ2n) is 5.50. The van der Waals surface area contributed by atoms with Gasteiger partial charge in [-0.15, -0.1) is 23.1 Å². The normalized spacial score (nSPS) is 13.3. The zero-order chi connectivity index (χ0) is 17.5. The Balaban J connectivity index is 1.55. The molecule has 2 heterocycles. The van der Waals surface area contributed by atoms with Gasteiger partial charge in [0.05, 0.1) is 12.8 Å². The smallest absolute Gasteiger partial charge is 0.220 e. The highest BCUT2D eigenvalue weighted by Crippen LogP contribution is 2.32. The molecule has 0 aliphatic carbocycles. The molecule has 1 amide bonds. The van der Waals surface area contributed by atoms with Crippen LogP contribution < -0.4 is 5.32 Å². The molecular formula is C19H19NO3S2. The van der Waals surface area contributed by atoms with Gasteiger partial charge in [-0.3, -0.25) is 4.79 Å². The quantitative estimate of drug-likeness (QED) is 0.588. The number of benzene rings is 1. The highest BCUT2D eigenvalue weighted by Gasteiger charge is 2.36. The fourth-order valence-electron chi connectivity index (χ4n) is 2.42. The Morgan fingerprint density at radius 3 is 2.68 bits per heavy atom. The molecular weight excluding hydrogens is 354 g/mol. The number of hydrogen-bond acceptors (Lipinski definition) is 5. The molecule has 6 heteroatoms. The zero-order valence-corrected chi connectivity index (χ0v) is 15.2. The topological polar surface area (TPSA) is 62.5 Å². The predicted octanol–water partition coefficient (Wildman–Crippen LogP) is 3.88. The molecule has 2 N–H and O–H groups in total.